The Bertz CT molecular complexity index is 297. The highest BCUT2D eigenvalue weighted by atomic mass is 35.5. The molecule has 0 saturated carbocycles. The summed E-state index contributed by atoms with van der Waals surface area (Å²) in [7, 11) is -1.30. The SMILES string of the molecule is CC(C)(Cl)C#CC(C)(C)C#C[Si](C)(C)C. The molecule has 0 nitrogen and oxygen atoms in total. The fraction of sp³-hybridized carbons (Fsp3) is 0.692. The molecule has 0 bridgehead atoms. The molecule has 0 aromatic heterocycles. The molecular formula is C13H21ClSi. The first-order valence-electron chi connectivity index (χ1n) is 5.19. The Labute approximate surface area is 101 Å². The highest BCUT2D eigenvalue weighted by Crippen LogP contribution is 2.16. The first-order valence-corrected chi connectivity index (χ1v) is 9.07. The Morgan fingerprint density at radius 2 is 1.33 bits per heavy atom. The fourth-order valence-electron chi connectivity index (χ4n) is 0.680. The second-order valence-corrected chi connectivity index (χ2v) is 11.5. The zero-order valence-electron chi connectivity index (χ0n) is 10.9. The molecule has 0 aromatic rings. The quantitative estimate of drug-likeness (QED) is 0.342. The minimum absolute atomic E-state index is 0.258. The lowest BCUT2D eigenvalue weighted by molar-refractivity contribution is 0.683. The van der Waals surface area contributed by atoms with Crippen LogP contribution in [0.25, 0.3) is 0 Å². The predicted octanol–water partition coefficient (Wildman–Crippen LogP) is 3.91. The Morgan fingerprint density at radius 1 is 0.867 bits per heavy atom. The molecule has 0 aromatic carbocycles. The first-order chi connectivity index (χ1) is 6.41. The van der Waals surface area contributed by atoms with E-state index >= 15 is 0 Å². The summed E-state index contributed by atoms with van der Waals surface area (Å²) in [6.45, 7) is 14.6. The lowest BCUT2D eigenvalue weighted by atomic mass is 9.95. The lowest BCUT2D eigenvalue weighted by Crippen LogP contribution is -2.18. The van der Waals surface area contributed by atoms with E-state index in [0.717, 1.165) is 0 Å². The van der Waals surface area contributed by atoms with Gasteiger partial charge in [-0.2, -0.15) is 0 Å². The summed E-state index contributed by atoms with van der Waals surface area (Å²) in [5.74, 6) is 9.42. The van der Waals surface area contributed by atoms with Gasteiger partial charge in [0.15, 0.2) is 0 Å². The van der Waals surface area contributed by atoms with Crippen LogP contribution in [0, 0.1) is 28.7 Å². The molecule has 0 aliphatic carbocycles. The van der Waals surface area contributed by atoms with Crippen LogP contribution in [0.15, 0.2) is 0 Å². The third-order valence-corrected chi connectivity index (χ3v) is 2.39. The van der Waals surface area contributed by atoms with E-state index in [1.54, 1.807) is 0 Å². The summed E-state index contributed by atoms with van der Waals surface area (Å²) in [6, 6.07) is 0. The molecule has 0 aliphatic heterocycles. The molecule has 0 saturated heterocycles. The number of rotatable bonds is 0. The van der Waals surface area contributed by atoms with Gasteiger partial charge in [0.05, 0.1) is 10.3 Å². The minimum atomic E-state index is -1.30. The van der Waals surface area contributed by atoms with Crippen molar-refractivity contribution in [3.8, 4) is 23.3 Å². The number of halogens is 1. The van der Waals surface area contributed by atoms with E-state index in [1.807, 2.05) is 27.7 Å². The summed E-state index contributed by atoms with van der Waals surface area (Å²) >= 11 is 6.02. The molecule has 0 spiro atoms. The van der Waals surface area contributed by atoms with Crippen molar-refractivity contribution in [2.24, 2.45) is 5.41 Å². The Hall–Kier alpha value is -0.373. The van der Waals surface area contributed by atoms with Gasteiger partial charge < -0.3 is 0 Å². The molecule has 0 amide bonds. The monoisotopic (exact) mass is 240 g/mol. The number of alkyl halides is 1. The summed E-state index contributed by atoms with van der Waals surface area (Å²) in [6.07, 6.45) is 0. The van der Waals surface area contributed by atoms with Crippen molar-refractivity contribution in [3.05, 3.63) is 0 Å². The van der Waals surface area contributed by atoms with E-state index in [2.05, 4.69) is 42.9 Å². The van der Waals surface area contributed by atoms with Crippen LogP contribution < -0.4 is 0 Å². The van der Waals surface area contributed by atoms with Crippen LogP contribution in [0.1, 0.15) is 27.7 Å². The second kappa shape index (κ2) is 4.65. The van der Waals surface area contributed by atoms with Crippen molar-refractivity contribution in [2.75, 3.05) is 0 Å². The fourth-order valence-corrected chi connectivity index (χ4v) is 1.41. The van der Waals surface area contributed by atoms with Gasteiger partial charge in [-0.3, -0.25) is 0 Å². The van der Waals surface area contributed by atoms with Crippen molar-refractivity contribution < 1.29 is 0 Å². The van der Waals surface area contributed by atoms with Crippen molar-refractivity contribution >= 4 is 19.7 Å². The van der Waals surface area contributed by atoms with Crippen LogP contribution in [0.4, 0.5) is 0 Å². The van der Waals surface area contributed by atoms with E-state index < -0.39 is 12.9 Å². The molecule has 0 fully saturated rings. The zero-order valence-corrected chi connectivity index (χ0v) is 12.6. The van der Waals surface area contributed by atoms with Crippen LogP contribution in [0.3, 0.4) is 0 Å². The largest absolute Gasteiger partial charge is 0.130 e. The molecule has 0 heterocycles. The van der Waals surface area contributed by atoms with Gasteiger partial charge in [-0.1, -0.05) is 37.4 Å². The maximum atomic E-state index is 6.02. The summed E-state index contributed by atoms with van der Waals surface area (Å²) < 4.78 is 0. The highest BCUT2D eigenvalue weighted by molar-refractivity contribution is 6.83. The lowest BCUT2D eigenvalue weighted by Gasteiger charge is -2.12. The van der Waals surface area contributed by atoms with Crippen LogP contribution in [-0.2, 0) is 0 Å². The molecule has 15 heavy (non-hydrogen) atoms. The first kappa shape index (κ1) is 14.6. The number of hydrogen-bond donors (Lipinski definition) is 0. The van der Waals surface area contributed by atoms with E-state index in [9.17, 15) is 0 Å². The normalized spacial score (nSPS) is 12.3. The van der Waals surface area contributed by atoms with E-state index in [-0.39, 0.29) is 5.41 Å². The van der Waals surface area contributed by atoms with Gasteiger partial charge >= 0.3 is 0 Å². The average Bonchev–Trinajstić information content (AvgIpc) is 1.96. The van der Waals surface area contributed by atoms with E-state index in [4.69, 9.17) is 11.6 Å². The smallest absolute Gasteiger partial charge is 0.129 e. The topological polar surface area (TPSA) is 0 Å². The molecular weight excluding hydrogens is 220 g/mol. The van der Waals surface area contributed by atoms with Crippen LogP contribution in [-0.4, -0.2) is 12.9 Å². The van der Waals surface area contributed by atoms with Gasteiger partial charge in [-0.05, 0) is 27.7 Å². The molecule has 0 rings (SSSR count). The third-order valence-electron chi connectivity index (χ3n) is 1.42. The van der Waals surface area contributed by atoms with Gasteiger partial charge in [0.25, 0.3) is 0 Å². The molecule has 0 radical (unpaired) electrons. The maximum Gasteiger partial charge on any atom is 0.129 e. The molecule has 0 atom stereocenters. The number of hydrogen-bond acceptors (Lipinski definition) is 0. The highest BCUT2D eigenvalue weighted by Gasteiger charge is 2.15. The second-order valence-electron chi connectivity index (χ2n) is 5.85. The van der Waals surface area contributed by atoms with Gasteiger partial charge in [0, 0.05) is 0 Å². The third kappa shape index (κ3) is 9.92. The Kier molecular flexibility index (Phi) is 4.53. The summed E-state index contributed by atoms with van der Waals surface area (Å²) in [5, 5.41) is 0. The van der Waals surface area contributed by atoms with E-state index in [0.29, 0.717) is 0 Å². The van der Waals surface area contributed by atoms with Gasteiger partial charge in [0.2, 0.25) is 0 Å². The molecule has 2 heteroatoms. The van der Waals surface area contributed by atoms with Gasteiger partial charge in [-0.15, -0.1) is 17.1 Å². The molecule has 84 valence electrons. The Morgan fingerprint density at radius 3 is 1.67 bits per heavy atom. The predicted molar refractivity (Wildman–Crippen MR) is 72.6 cm³/mol. The molecule has 0 unspecified atom stereocenters. The van der Waals surface area contributed by atoms with Crippen LogP contribution in [0.2, 0.25) is 19.6 Å². The Balaban J connectivity index is 4.82. The van der Waals surface area contributed by atoms with Crippen molar-refractivity contribution in [1.29, 1.82) is 0 Å². The molecule has 0 aliphatic rings. The molecule has 0 N–H and O–H groups in total. The van der Waals surface area contributed by atoms with Crippen molar-refractivity contribution in [3.63, 3.8) is 0 Å². The zero-order chi connectivity index (χ0) is 12.3. The van der Waals surface area contributed by atoms with Crippen molar-refractivity contribution in [2.45, 2.75) is 52.2 Å². The summed E-state index contributed by atoms with van der Waals surface area (Å²) in [4.78, 5) is -0.460. The summed E-state index contributed by atoms with van der Waals surface area (Å²) in [5.41, 5.74) is 3.08. The van der Waals surface area contributed by atoms with E-state index in [1.165, 1.54) is 0 Å². The standard InChI is InChI=1S/C13H21ClSi/c1-12(2,8-9-13(3,4)14)10-11-15(5,6)7/h1-7H3. The maximum absolute atomic E-state index is 6.02. The average molecular weight is 241 g/mol. The van der Waals surface area contributed by atoms with Crippen LogP contribution >= 0.6 is 11.6 Å². The van der Waals surface area contributed by atoms with Gasteiger partial charge in [-0.25, -0.2) is 0 Å². The van der Waals surface area contributed by atoms with Crippen LogP contribution in [0.5, 0.6) is 0 Å². The minimum Gasteiger partial charge on any atom is -0.130 e. The van der Waals surface area contributed by atoms with Gasteiger partial charge in [0.1, 0.15) is 8.07 Å². The van der Waals surface area contributed by atoms with Crippen molar-refractivity contribution in [1.82, 2.24) is 0 Å².